The molecule has 2 N–H and O–H groups in total. The van der Waals surface area contributed by atoms with Crippen LogP contribution in [0, 0.1) is 0 Å². The van der Waals surface area contributed by atoms with Crippen LogP contribution >= 0.6 is 0 Å². The van der Waals surface area contributed by atoms with Crippen LogP contribution in [-0.4, -0.2) is 41.9 Å². The number of hydrogen-bond acceptors (Lipinski definition) is 4. The van der Waals surface area contributed by atoms with E-state index < -0.39 is 6.09 Å². The minimum absolute atomic E-state index is 0.0170. The molecular weight excluding hydrogens is 388 g/mol. The summed E-state index contributed by atoms with van der Waals surface area (Å²) in [5, 5.41) is 14.6. The Kier molecular flexibility index (Phi) is 5.72. The lowest BCUT2D eigenvalue weighted by Gasteiger charge is -2.41. The second-order valence-electron chi connectivity index (χ2n) is 8.84. The van der Waals surface area contributed by atoms with Crippen molar-refractivity contribution in [1.82, 2.24) is 4.98 Å². The molecule has 0 atom stereocenters. The lowest BCUT2D eigenvalue weighted by atomic mass is 9.80. The molecule has 0 bridgehead atoms. The van der Waals surface area contributed by atoms with Crippen molar-refractivity contribution in [2.45, 2.75) is 44.2 Å². The van der Waals surface area contributed by atoms with Crippen LogP contribution < -0.4 is 15.1 Å². The Morgan fingerprint density at radius 3 is 2.35 bits per heavy atom. The highest BCUT2D eigenvalue weighted by atomic mass is 16.4. The summed E-state index contributed by atoms with van der Waals surface area (Å²) >= 11 is 0. The summed E-state index contributed by atoms with van der Waals surface area (Å²) in [4.78, 5) is 20.5. The Morgan fingerprint density at radius 1 is 1.06 bits per heavy atom. The second kappa shape index (κ2) is 8.46. The van der Waals surface area contributed by atoms with E-state index in [9.17, 15) is 9.90 Å². The van der Waals surface area contributed by atoms with Crippen LogP contribution in [0.25, 0.3) is 10.9 Å². The van der Waals surface area contributed by atoms with E-state index in [4.69, 9.17) is 4.98 Å². The van der Waals surface area contributed by atoms with Crippen LogP contribution in [0.1, 0.15) is 32.6 Å². The Hall–Kier alpha value is -3.28. The van der Waals surface area contributed by atoms with Gasteiger partial charge in [0.25, 0.3) is 0 Å². The van der Waals surface area contributed by atoms with Gasteiger partial charge in [0, 0.05) is 48.5 Å². The fraction of sp³-hybridized carbons (Fsp3) is 0.360. The van der Waals surface area contributed by atoms with Gasteiger partial charge in [-0.25, -0.2) is 9.78 Å². The molecule has 0 saturated heterocycles. The summed E-state index contributed by atoms with van der Waals surface area (Å²) in [5.74, 6) is 0.863. The largest absolute Gasteiger partial charge is 0.465 e. The van der Waals surface area contributed by atoms with Gasteiger partial charge in [0.15, 0.2) is 0 Å². The molecule has 31 heavy (non-hydrogen) atoms. The van der Waals surface area contributed by atoms with E-state index in [-0.39, 0.29) is 11.6 Å². The van der Waals surface area contributed by atoms with E-state index in [1.807, 2.05) is 62.6 Å². The summed E-state index contributed by atoms with van der Waals surface area (Å²) in [5.41, 5.74) is 2.71. The SMILES string of the molecule is CN(C)c1cc(NC2(C)CCC(N(C(=O)O)c3ccccc3)CC2)nc2ccccc12. The van der Waals surface area contributed by atoms with E-state index in [1.165, 1.54) is 4.90 Å². The second-order valence-corrected chi connectivity index (χ2v) is 8.84. The van der Waals surface area contributed by atoms with Crippen molar-refractivity contribution >= 4 is 34.2 Å². The first-order valence-corrected chi connectivity index (χ1v) is 10.8. The Balaban J connectivity index is 1.52. The maximum Gasteiger partial charge on any atom is 0.412 e. The van der Waals surface area contributed by atoms with Crippen molar-refractivity contribution in [1.29, 1.82) is 0 Å². The minimum atomic E-state index is -0.889. The first kappa shape index (κ1) is 21.0. The molecule has 1 amide bonds. The minimum Gasteiger partial charge on any atom is -0.465 e. The Labute approximate surface area is 183 Å². The lowest BCUT2D eigenvalue weighted by Crippen LogP contribution is -2.47. The number of hydrogen-bond donors (Lipinski definition) is 2. The average molecular weight is 419 g/mol. The van der Waals surface area contributed by atoms with E-state index >= 15 is 0 Å². The van der Waals surface area contributed by atoms with E-state index in [0.29, 0.717) is 0 Å². The van der Waals surface area contributed by atoms with Crippen LogP contribution in [0.5, 0.6) is 0 Å². The highest BCUT2D eigenvalue weighted by molar-refractivity contribution is 5.93. The molecule has 6 nitrogen and oxygen atoms in total. The maximum atomic E-state index is 12.0. The number of nitrogens with one attached hydrogen (secondary N) is 1. The zero-order valence-electron chi connectivity index (χ0n) is 18.4. The lowest BCUT2D eigenvalue weighted by molar-refractivity contribution is 0.193. The Morgan fingerprint density at radius 2 is 1.71 bits per heavy atom. The molecule has 1 heterocycles. The van der Waals surface area contributed by atoms with E-state index in [1.54, 1.807) is 0 Å². The third kappa shape index (κ3) is 4.43. The maximum absolute atomic E-state index is 12.0. The summed E-state index contributed by atoms with van der Waals surface area (Å²) in [7, 11) is 4.09. The van der Waals surface area contributed by atoms with Crippen molar-refractivity contribution in [3.05, 3.63) is 60.7 Å². The molecule has 1 fully saturated rings. The highest BCUT2D eigenvalue weighted by Gasteiger charge is 2.36. The predicted molar refractivity (Wildman–Crippen MR) is 127 cm³/mol. The summed E-state index contributed by atoms with van der Waals surface area (Å²) in [6.45, 7) is 2.21. The molecule has 2 aromatic carbocycles. The van der Waals surface area contributed by atoms with Crippen LogP contribution in [0.4, 0.5) is 22.0 Å². The molecule has 1 aromatic heterocycles. The molecule has 6 heteroatoms. The topological polar surface area (TPSA) is 68.7 Å². The van der Waals surface area contributed by atoms with Crippen molar-refractivity contribution in [3.8, 4) is 0 Å². The summed E-state index contributed by atoms with van der Waals surface area (Å²) < 4.78 is 0. The number of fused-ring (bicyclic) bond motifs is 1. The van der Waals surface area contributed by atoms with Gasteiger partial charge in [-0.1, -0.05) is 36.4 Å². The number of benzene rings is 2. The van der Waals surface area contributed by atoms with Gasteiger partial charge in [-0.3, -0.25) is 4.90 Å². The quantitative estimate of drug-likeness (QED) is 0.565. The van der Waals surface area contributed by atoms with Gasteiger partial charge in [-0.05, 0) is 50.8 Å². The molecule has 162 valence electrons. The summed E-state index contributed by atoms with van der Waals surface area (Å²) in [6, 6.07) is 19.7. The van der Waals surface area contributed by atoms with Crippen LogP contribution in [0.3, 0.4) is 0 Å². The number of para-hydroxylation sites is 2. The fourth-order valence-electron chi connectivity index (χ4n) is 4.59. The molecule has 0 unspecified atom stereocenters. The van der Waals surface area contributed by atoms with Crippen molar-refractivity contribution in [3.63, 3.8) is 0 Å². The monoisotopic (exact) mass is 418 g/mol. The molecule has 0 aliphatic heterocycles. The van der Waals surface area contributed by atoms with Crippen LogP contribution in [-0.2, 0) is 0 Å². The number of nitrogens with zero attached hydrogens (tertiary/aromatic N) is 3. The smallest absolute Gasteiger partial charge is 0.412 e. The predicted octanol–water partition coefficient (Wildman–Crippen LogP) is 5.60. The van der Waals surface area contributed by atoms with Gasteiger partial charge in [0.2, 0.25) is 0 Å². The number of anilines is 3. The Bertz CT molecular complexity index is 1060. The zero-order chi connectivity index (χ0) is 22.0. The number of carbonyl (C=O) groups is 1. The number of rotatable bonds is 5. The standard InChI is InChI=1S/C25H30N4O2/c1-25(27-23-17-22(28(2)3)20-11-7-8-12-21(20)26-23)15-13-19(14-16-25)29(24(30)31)18-9-5-4-6-10-18/h4-12,17,19H,13-16H2,1-3H3,(H,26,27)(H,30,31). The van der Waals surface area contributed by atoms with E-state index in [2.05, 4.69) is 29.3 Å². The van der Waals surface area contributed by atoms with Crippen molar-refractivity contribution in [2.75, 3.05) is 29.2 Å². The third-order valence-corrected chi connectivity index (χ3v) is 6.27. The van der Waals surface area contributed by atoms with Crippen molar-refractivity contribution in [2.24, 2.45) is 0 Å². The molecule has 1 aliphatic carbocycles. The number of pyridine rings is 1. The first-order valence-electron chi connectivity index (χ1n) is 10.8. The summed E-state index contributed by atoms with van der Waals surface area (Å²) in [6.07, 6.45) is 2.47. The number of carboxylic acid groups (broad SMARTS) is 1. The third-order valence-electron chi connectivity index (χ3n) is 6.27. The molecule has 0 spiro atoms. The highest BCUT2D eigenvalue weighted by Crippen LogP contribution is 2.36. The molecule has 1 aliphatic rings. The zero-order valence-corrected chi connectivity index (χ0v) is 18.4. The molecule has 0 radical (unpaired) electrons. The molecular formula is C25H30N4O2. The van der Waals surface area contributed by atoms with Crippen molar-refractivity contribution < 1.29 is 9.90 Å². The van der Waals surface area contributed by atoms with Gasteiger partial charge in [-0.15, -0.1) is 0 Å². The normalized spacial score (nSPS) is 20.9. The first-order chi connectivity index (χ1) is 14.9. The molecule has 3 aromatic rings. The van der Waals surface area contributed by atoms with Gasteiger partial charge in [0.1, 0.15) is 5.82 Å². The van der Waals surface area contributed by atoms with Crippen LogP contribution in [0.2, 0.25) is 0 Å². The average Bonchev–Trinajstić information content (AvgIpc) is 2.75. The van der Waals surface area contributed by atoms with Gasteiger partial charge in [0.05, 0.1) is 5.52 Å². The van der Waals surface area contributed by atoms with E-state index in [0.717, 1.165) is 53.8 Å². The fourth-order valence-corrected chi connectivity index (χ4v) is 4.59. The molecule has 4 rings (SSSR count). The van der Waals surface area contributed by atoms with Gasteiger partial charge in [-0.2, -0.15) is 0 Å². The number of aromatic nitrogens is 1. The number of amides is 1. The van der Waals surface area contributed by atoms with Gasteiger partial charge >= 0.3 is 6.09 Å². The van der Waals surface area contributed by atoms with Gasteiger partial charge < -0.3 is 15.3 Å². The molecule has 1 saturated carbocycles. The van der Waals surface area contributed by atoms with Crippen LogP contribution in [0.15, 0.2) is 60.7 Å².